The van der Waals surface area contributed by atoms with E-state index in [-0.39, 0.29) is 5.97 Å². The third-order valence-corrected chi connectivity index (χ3v) is 6.64. The number of carbonyl (C=O) groups is 1. The molecule has 0 spiro atoms. The van der Waals surface area contributed by atoms with Crippen LogP contribution >= 0.6 is 0 Å². The van der Waals surface area contributed by atoms with Gasteiger partial charge in [0.1, 0.15) is 6.61 Å². The molecule has 0 rings (SSSR count). The van der Waals surface area contributed by atoms with E-state index in [4.69, 9.17) is 42.6 Å². The maximum absolute atomic E-state index is 11.8. The minimum absolute atomic E-state index is 0.127. The summed E-state index contributed by atoms with van der Waals surface area (Å²) in [7, 11) is 1.65. The van der Waals surface area contributed by atoms with Gasteiger partial charge in [0.2, 0.25) is 0 Å². The summed E-state index contributed by atoms with van der Waals surface area (Å²) in [5.41, 5.74) is 0. The summed E-state index contributed by atoms with van der Waals surface area (Å²) in [6, 6.07) is 0. The van der Waals surface area contributed by atoms with Gasteiger partial charge in [0.15, 0.2) is 0 Å². The Kier molecular flexibility index (Phi) is 38.4. The normalized spacial score (nSPS) is 11.4. The summed E-state index contributed by atoms with van der Waals surface area (Å²) >= 11 is 0. The highest BCUT2D eigenvalue weighted by Crippen LogP contribution is 2.13. The molecule has 0 radical (unpaired) electrons. The zero-order valence-corrected chi connectivity index (χ0v) is 27.8. The molecule has 0 saturated heterocycles. The number of hydrogen-bond acceptors (Lipinski definition) is 10. The fourth-order valence-electron chi connectivity index (χ4n) is 4.14. The number of hydrogen-bond donors (Lipinski definition) is 0. The smallest absolute Gasteiger partial charge is 0.305 e. The number of unbranched alkanes of at least 4 members (excludes halogenated alkanes) is 12. The third kappa shape index (κ3) is 39.1. The lowest BCUT2D eigenvalue weighted by atomic mass is 10.0. The first kappa shape index (κ1) is 42.1. The second-order valence-corrected chi connectivity index (χ2v) is 10.5. The van der Waals surface area contributed by atoms with E-state index >= 15 is 0 Å². The van der Waals surface area contributed by atoms with Crippen LogP contribution < -0.4 is 0 Å². The average Bonchev–Trinajstić information content (AvgIpc) is 3.01. The van der Waals surface area contributed by atoms with Crippen LogP contribution in [0.3, 0.4) is 0 Å². The second-order valence-electron chi connectivity index (χ2n) is 10.5. The van der Waals surface area contributed by atoms with Crippen LogP contribution in [0.15, 0.2) is 0 Å². The standard InChI is InChI=1S/C33H66O10/c1-3-4-5-6-7-8-9-10-11-12-13-14-15-16-33(34)43-32-31-42-30-29-41-28-27-40-26-25-39-24-23-38-22-21-37-20-19-36-18-17-35-2/h3-32H2,1-2H3. The van der Waals surface area contributed by atoms with Gasteiger partial charge in [0, 0.05) is 13.5 Å². The molecule has 0 aliphatic carbocycles. The lowest BCUT2D eigenvalue weighted by molar-refractivity contribution is -0.145. The highest BCUT2D eigenvalue weighted by molar-refractivity contribution is 5.69. The van der Waals surface area contributed by atoms with E-state index in [0.717, 1.165) is 12.8 Å². The molecule has 0 atom stereocenters. The van der Waals surface area contributed by atoms with E-state index in [0.29, 0.717) is 112 Å². The van der Waals surface area contributed by atoms with Crippen molar-refractivity contribution in [2.45, 2.75) is 96.8 Å². The van der Waals surface area contributed by atoms with Gasteiger partial charge >= 0.3 is 5.97 Å². The molecule has 0 N–H and O–H groups in total. The van der Waals surface area contributed by atoms with Crippen LogP contribution in [0, 0.1) is 0 Å². The summed E-state index contributed by atoms with van der Waals surface area (Å²) in [5, 5.41) is 0. The molecule has 0 amide bonds. The first-order chi connectivity index (χ1) is 21.3. The van der Waals surface area contributed by atoms with Crippen molar-refractivity contribution in [3.63, 3.8) is 0 Å². The summed E-state index contributed by atoms with van der Waals surface area (Å²) in [6.45, 7) is 10.3. The second kappa shape index (κ2) is 39.2. The van der Waals surface area contributed by atoms with Gasteiger partial charge in [-0.3, -0.25) is 4.79 Å². The van der Waals surface area contributed by atoms with Gasteiger partial charge in [0.05, 0.1) is 99.1 Å². The highest BCUT2D eigenvalue weighted by Gasteiger charge is 2.03. The summed E-state index contributed by atoms with van der Waals surface area (Å²) in [4.78, 5) is 11.8. The van der Waals surface area contributed by atoms with Crippen molar-refractivity contribution >= 4 is 5.97 Å². The van der Waals surface area contributed by atoms with E-state index in [2.05, 4.69) is 6.92 Å². The van der Waals surface area contributed by atoms with Crippen LogP contribution in [-0.4, -0.2) is 119 Å². The maximum Gasteiger partial charge on any atom is 0.305 e. The fourth-order valence-corrected chi connectivity index (χ4v) is 4.14. The van der Waals surface area contributed by atoms with Crippen molar-refractivity contribution in [3.8, 4) is 0 Å². The van der Waals surface area contributed by atoms with Crippen molar-refractivity contribution < 1.29 is 47.4 Å². The van der Waals surface area contributed by atoms with E-state index in [1.165, 1.54) is 70.6 Å². The molecule has 0 aromatic rings. The van der Waals surface area contributed by atoms with Crippen LogP contribution in [0.5, 0.6) is 0 Å². The van der Waals surface area contributed by atoms with Crippen molar-refractivity contribution in [3.05, 3.63) is 0 Å². The zero-order valence-electron chi connectivity index (χ0n) is 27.8. The number of ether oxygens (including phenoxy) is 9. The van der Waals surface area contributed by atoms with Crippen LogP contribution in [0.1, 0.15) is 96.8 Å². The first-order valence-corrected chi connectivity index (χ1v) is 17.0. The van der Waals surface area contributed by atoms with Gasteiger partial charge in [-0.25, -0.2) is 0 Å². The molecule has 0 heterocycles. The molecule has 0 fully saturated rings. The Morgan fingerprint density at radius 2 is 0.651 bits per heavy atom. The summed E-state index contributed by atoms with van der Waals surface area (Å²) < 4.78 is 48.1. The fraction of sp³-hybridized carbons (Fsp3) is 0.970. The zero-order chi connectivity index (χ0) is 31.2. The lowest BCUT2D eigenvalue weighted by Gasteiger charge is -2.09. The molecule has 0 aliphatic rings. The predicted molar refractivity (Wildman–Crippen MR) is 169 cm³/mol. The number of carbonyl (C=O) groups excluding carboxylic acids is 1. The van der Waals surface area contributed by atoms with Crippen molar-refractivity contribution in [2.75, 3.05) is 113 Å². The predicted octanol–water partition coefficient (Wildman–Crippen LogP) is 5.77. The Morgan fingerprint density at radius 3 is 0.977 bits per heavy atom. The molecule has 0 saturated carbocycles. The van der Waals surface area contributed by atoms with Crippen molar-refractivity contribution in [2.24, 2.45) is 0 Å². The summed E-state index contributed by atoms with van der Waals surface area (Å²) in [6.07, 6.45) is 17.4. The van der Waals surface area contributed by atoms with Gasteiger partial charge in [0.25, 0.3) is 0 Å². The van der Waals surface area contributed by atoms with E-state index in [1.807, 2.05) is 0 Å². The number of rotatable bonds is 38. The van der Waals surface area contributed by atoms with E-state index < -0.39 is 0 Å². The lowest BCUT2D eigenvalue weighted by Crippen LogP contribution is -2.15. The Balaban J connectivity index is 3.13. The molecule has 258 valence electrons. The van der Waals surface area contributed by atoms with E-state index in [9.17, 15) is 4.79 Å². The minimum atomic E-state index is -0.127. The highest BCUT2D eigenvalue weighted by atomic mass is 16.6. The maximum atomic E-state index is 11.8. The summed E-state index contributed by atoms with van der Waals surface area (Å²) in [5.74, 6) is -0.127. The van der Waals surface area contributed by atoms with Gasteiger partial charge in [-0.05, 0) is 6.42 Å². The van der Waals surface area contributed by atoms with Crippen molar-refractivity contribution in [1.29, 1.82) is 0 Å². The molecule has 43 heavy (non-hydrogen) atoms. The SMILES string of the molecule is CCCCCCCCCCCCCCCC(=O)OCCOCCOCCOCCOCCOCCOCCOCCOC. The quantitative estimate of drug-likeness (QED) is 0.0623. The Bertz CT molecular complexity index is 524. The molecule has 0 bridgehead atoms. The van der Waals surface area contributed by atoms with Crippen molar-refractivity contribution in [1.82, 2.24) is 0 Å². The molecule has 0 aliphatic heterocycles. The Morgan fingerprint density at radius 1 is 0.372 bits per heavy atom. The molecule has 10 heteroatoms. The molecule has 0 aromatic heterocycles. The van der Waals surface area contributed by atoms with Crippen LogP contribution in [0.25, 0.3) is 0 Å². The molecule has 0 aromatic carbocycles. The Hall–Kier alpha value is -0.850. The largest absolute Gasteiger partial charge is 0.463 e. The molecular formula is C33H66O10. The number of esters is 1. The van der Waals surface area contributed by atoms with Gasteiger partial charge in [-0.1, -0.05) is 84.0 Å². The van der Waals surface area contributed by atoms with Crippen LogP contribution in [-0.2, 0) is 47.4 Å². The van der Waals surface area contributed by atoms with E-state index in [1.54, 1.807) is 7.11 Å². The molecule has 10 nitrogen and oxygen atoms in total. The molecule has 0 unspecified atom stereocenters. The number of methoxy groups -OCH3 is 1. The first-order valence-electron chi connectivity index (χ1n) is 17.0. The topological polar surface area (TPSA) is 100 Å². The van der Waals surface area contributed by atoms with Gasteiger partial charge in [-0.15, -0.1) is 0 Å². The van der Waals surface area contributed by atoms with Gasteiger partial charge in [-0.2, -0.15) is 0 Å². The van der Waals surface area contributed by atoms with Gasteiger partial charge < -0.3 is 42.6 Å². The van der Waals surface area contributed by atoms with Crippen LogP contribution in [0.2, 0.25) is 0 Å². The van der Waals surface area contributed by atoms with Crippen LogP contribution in [0.4, 0.5) is 0 Å². The minimum Gasteiger partial charge on any atom is -0.463 e. The third-order valence-electron chi connectivity index (χ3n) is 6.64. The monoisotopic (exact) mass is 622 g/mol. The Labute approximate surface area is 263 Å². The molecular weight excluding hydrogens is 556 g/mol. The average molecular weight is 623 g/mol.